The second-order valence-electron chi connectivity index (χ2n) is 4.87. The SMILES string of the molecule is Cc1cccc(CNC(C)C)c1OCc1ccno1. The molecule has 0 spiro atoms. The van der Waals surface area contributed by atoms with Crippen LogP contribution in [0.25, 0.3) is 0 Å². The Kier molecular flexibility index (Phi) is 4.58. The number of nitrogens with one attached hydrogen (secondary N) is 1. The fourth-order valence-corrected chi connectivity index (χ4v) is 1.83. The lowest BCUT2D eigenvalue weighted by atomic mass is 10.1. The van der Waals surface area contributed by atoms with Gasteiger partial charge >= 0.3 is 0 Å². The summed E-state index contributed by atoms with van der Waals surface area (Å²) >= 11 is 0. The molecule has 0 radical (unpaired) electrons. The summed E-state index contributed by atoms with van der Waals surface area (Å²) in [7, 11) is 0. The Morgan fingerprint density at radius 3 is 2.84 bits per heavy atom. The number of hydrogen-bond donors (Lipinski definition) is 1. The van der Waals surface area contributed by atoms with E-state index in [-0.39, 0.29) is 0 Å². The van der Waals surface area contributed by atoms with Gasteiger partial charge in [-0.15, -0.1) is 0 Å². The molecule has 0 unspecified atom stereocenters. The summed E-state index contributed by atoms with van der Waals surface area (Å²) < 4.78 is 10.9. The van der Waals surface area contributed by atoms with Crippen molar-refractivity contribution in [2.75, 3.05) is 0 Å². The van der Waals surface area contributed by atoms with Gasteiger partial charge in [-0.05, 0) is 12.5 Å². The molecule has 1 heterocycles. The first-order chi connectivity index (χ1) is 9.16. The number of hydrogen-bond acceptors (Lipinski definition) is 4. The van der Waals surface area contributed by atoms with Gasteiger partial charge in [-0.25, -0.2) is 0 Å². The Hall–Kier alpha value is -1.81. The molecule has 1 aromatic carbocycles. The average Bonchev–Trinajstić information content (AvgIpc) is 2.88. The van der Waals surface area contributed by atoms with Gasteiger partial charge in [-0.3, -0.25) is 0 Å². The largest absolute Gasteiger partial charge is 0.485 e. The molecule has 1 aromatic heterocycles. The van der Waals surface area contributed by atoms with E-state index in [9.17, 15) is 0 Å². The number of rotatable bonds is 6. The van der Waals surface area contributed by atoms with Crippen LogP contribution in [0.5, 0.6) is 5.75 Å². The van der Waals surface area contributed by atoms with Gasteiger partial charge in [0.1, 0.15) is 12.4 Å². The van der Waals surface area contributed by atoms with Gasteiger partial charge in [0.2, 0.25) is 0 Å². The molecule has 19 heavy (non-hydrogen) atoms. The number of aromatic nitrogens is 1. The van der Waals surface area contributed by atoms with E-state index in [0.717, 1.165) is 29.2 Å². The topological polar surface area (TPSA) is 47.3 Å². The third-order valence-electron chi connectivity index (χ3n) is 2.84. The van der Waals surface area contributed by atoms with Crippen LogP contribution in [0, 0.1) is 6.92 Å². The third-order valence-corrected chi connectivity index (χ3v) is 2.84. The predicted molar refractivity (Wildman–Crippen MR) is 74.0 cm³/mol. The molecule has 1 N–H and O–H groups in total. The first kappa shape index (κ1) is 13.6. The van der Waals surface area contributed by atoms with Crippen LogP contribution in [0.15, 0.2) is 35.0 Å². The van der Waals surface area contributed by atoms with Crippen molar-refractivity contribution in [2.45, 2.75) is 40.0 Å². The average molecular weight is 260 g/mol. The molecule has 4 nitrogen and oxygen atoms in total. The molecular formula is C15H20N2O2. The molecule has 0 atom stereocenters. The van der Waals surface area contributed by atoms with E-state index in [1.807, 2.05) is 12.1 Å². The molecule has 0 aliphatic carbocycles. The minimum atomic E-state index is 0.402. The molecule has 2 rings (SSSR count). The Labute approximate surface area is 113 Å². The molecule has 0 aliphatic rings. The summed E-state index contributed by atoms with van der Waals surface area (Å²) in [5.41, 5.74) is 2.29. The van der Waals surface area contributed by atoms with Crippen LogP contribution in [0.3, 0.4) is 0 Å². The molecule has 0 saturated heterocycles. The predicted octanol–water partition coefficient (Wildman–Crippen LogP) is 3.06. The Balaban J connectivity index is 2.08. The molecule has 4 heteroatoms. The molecule has 0 amide bonds. The van der Waals surface area contributed by atoms with Crippen molar-refractivity contribution in [3.05, 3.63) is 47.3 Å². The first-order valence-electron chi connectivity index (χ1n) is 6.51. The standard InChI is InChI=1S/C15H20N2O2/c1-11(2)16-9-13-6-4-5-12(3)15(13)18-10-14-7-8-17-19-14/h4-8,11,16H,9-10H2,1-3H3. The minimum Gasteiger partial charge on any atom is -0.485 e. The van der Waals surface area contributed by atoms with Gasteiger partial charge in [0.15, 0.2) is 5.76 Å². The van der Waals surface area contributed by atoms with Crippen molar-refractivity contribution in [2.24, 2.45) is 0 Å². The normalized spacial score (nSPS) is 10.9. The maximum atomic E-state index is 5.87. The van der Waals surface area contributed by atoms with Crippen LogP contribution in [0.4, 0.5) is 0 Å². The molecule has 0 saturated carbocycles. The van der Waals surface area contributed by atoms with E-state index in [1.165, 1.54) is 0 Å². The van der Waals surface area contributed by atoms with Gasteiger partial charge in [0.05, 0.1) is 6.20 Å². The highest BCUT2D eigenvalue weighted by molar-refractivity contribution is 5.40. The van der Waals surface area contributed by atoms with Crippen LogP contribution in [-0.4, -0.2) is 11.2 Å². The summed E-state index contributed by atoms with van der Waals surface area (Å²) in [5, 5.41) is 7.08. The van der Waals surface area contributed by atoms with Crippen LogP contribution >= 0.6 is 0 Å². The van der Waals surface area contributed by atoms with Crippen LogP contribution in [0.1, 0.15) is 30.7 Å². The second-order valence-corrected chi connectivity index (χ2v) is 4.87. The van der Waals surface area contributed by atoms with E-state index in [2.05, 4.69) is 43.4 Å². The fourth-order valence-electron chi connectivity index (χ4n) is 1.83. The molecule has 0 fully saturated rings. The highest BCUT2D eigenvalue weighted by atomic mass is 16.5. The molecule has 0 aliphatic heterocycles. The number of aryl methyl sites for hydroxylation is 1. The molecular weight excluding hydrogens is 240 g/mol. The minimum absolute atomic E-state index is 0.402. The zero-order valence-electron chi connectivity index (χ0n) is 11.6. The maximum Gasteiger partial charge on any atom is 0.174 e. The van der Waals surface area contributed by atoms with E-state index < -0.39 is 0 Å². The van der Waals surface area contributed by atoms with E-state index in [4.69, 9.17) is 9.26 Å². The zero-order chi connectivity index (χ0) is 13.7. The lowest BCUT2D eigenvalue weighted by molar-refractivity contribution is 0.245. The first-order valence-corrected chi connectivity index (χ1v) is 6.51. The number of para-hydroxylation sites is 1. The van der Waals surface area contributed by atoms with Crippen molar-refractivity contribution in [1.29, 1.82) is 0 Å². The maximum absolute atomic E-state index is 5.87. The van der Waals surface area contributed by atoms with Crippen molar-refractivity contribution < 1.29 is 9.26 Å². The smallest absolute Gasteiger partial charge is 0.174 e. The van der Waals surface area contributed by atoms with Gasteiger partial charge in [0.25, 0.3) is 0 Å². The van der Waals surface area contributed by atoms with Gasteiger partial charge in [-0.1, -0.05) is 37.2 Å². The van der Waals surface area contributed by atoms with Gasteiger partial charge in [0, 0.05) is 24.2 Å². The highest BCUT2D eigenvalue weighted by Crippen LogP contribution is 2.24. The zero-order valence-corrected chi connectivity index (χ0v) is 11.6. The monoisotopic (exact) mass is 260 g/mol. The van der Waals surface area contributed by atoms with Gasteiger partial charge in [-0.2, -0.15) is 0 Å². The molecule has 0 bridgehead atoms. The van der Waals surface area contributed by atoms with Crippen molar-refractivity contribution in [1.82, 2.24) is 10.5 Å². The van der Waals surface area contributed by atoms with E-state index in [0.29, 0.717) is 12.6 Å². The number of ether oxygens (including phenoxy) is 1. The summed E-state index contributed by atoms with van der Waals surface area (Å²) in [6.07, 6.45) is 1.62. The van der Waals surface area contributed by atoms with E-state index in [1.54, 1.807) is 6.20 Å². The highest BCUT2D eigenvalue weighted by Gasteiger charge is 2.08. The van der Waals surface area contributed by atoms with Crippen molar-refractivity contribution in [3.8, 4) is 5.75 Å². The fraction of sp³-hybridized carbons (Fsp3) is 0.400. The summed E-state index contributed by atoms with van der Waals surface area (Å²) in [6, 6.07) is 8.44. The number of benzene rings is 1. The summed E-state index contributed by atoms with van der Waals surface area (Å²) in [4.78, 5) is 0. The third kappa shape index (κ3) is 3.83. The Morgan fingerprint density at radius 1 is 1.32 bits per heavy atom. The number of nitrogens with zero attached hydrogens (tertiary/aromatic N) is 1. The Morgan fingerprint density at radius 2 is 2.16 bits per heavy atom. The second kappa shape index (κ2) is 6.38. The van der Waals surface area contributed by atoms with Crippen molar-refractivity contribution in [3.63, 3.8) is 0 Å². The molecule has 102 valence electrons. The van der Waals surface area contributed by atoms with Gasteiger partial charge < -0.3 is 14.6 Å². The quantitative estimate of drug-likeness (QED) is 0.867. The lowest BCUT2D eigenvalue weighted by Gasteiger charge is -2.15. The Bertz CT molecular complexity index is 507. The van der Waals surface area contributed by atoms with Crippen LogP contribution in [-0.2, 0) is 13.2 Å². The van der Waals surface area contributed by atoms with E-state index >= 15 is 0 Å². The lowest BCUT2D eigenvalue weighted by Crippen LogP contribution is -2.22. The molecule has 2 aromatic rings. The van der Waals surface area contributed by atoms with Crippen LogP contribution in [0.2, 0.25) is 0 Å². The van der Waals surface area contributed by atoms with Crippen molar-refractivity contribution >= 4 is 0 Å². The summed E-state index contributed by atoms with van der Waals surface area (Å²) in [6.45, 7) is 7.51. The summed E-state index contributed by atoms with van der Waals surface area (Å²) in [5.74, 6) is 1.65. The van der Waals surface area contributed by atoms with Crippen LogP contribution < -0.4 is 10.1 Å².